The van der Waals surface area contributed by atoms with Gasteiger partial charge in [-0.15, -0.1) is 0 Å². The number of aromatic nitrogens is 1. The molecule has 0 radical (unpaired) electrons. The largest absolute Gasteiger partial charge is 0.368 e. The van der Waals surface area contributed by atoms with Gasteiger partial charge in [0.2, 0.25) is 0 Å². The molecule has 0 saturated carbocycles. The lowest BCUT2D eigenvalue weighted by molar-refractivity contribution is 0.295. The topological polar surface area (TPSA) is 28.2 Å². The van der Waals surface area contributed by atoms with Crippen LogP contribution in [0.4, 0.5) is 5.82 Å². The quantitative estimate of drug-likeness (QED) is 0.792. The van der Waals surface area contributed by atoms with Crippen molar-refractivity contribution < 1.29 is 0 Å². The Morgan fingerprint density at radius 3 is 2.61 bits per heavy atom. The minimum absolute atomic E-state index is 0.467. The number of nitrogens with one attached hydrogen (secondary N) is 1. The molecule has 0 aliphatic carbocycles. The Labute approximate surface area is 119 Å². The van der Waals surface area contributed by atoms with Gasteiger partial charge in [0.15, 0.2) is 0 Å². The number of hydrogen-bond acceptors (Lipinski definition) is 3. The number of rotatable bonds is 8. The molecule has 1 N–H and O–H groups in total. The van der Waals surface area contributed by atoms with Crippen molar-refractivity contribution in [3.8, 4) is 0 Å². The highest BCUT2D eigenvalue weighted by molar-refractivity contribution is 9.10. The second-order valence-electron chi connectivity index (χ2n) is 4.58. The summed E-state index contributed by atoms with van der Waals surface area (Å²) in [6, 6.07) is 4.48. The predicted octanol–water partition coefficient (Wildman–Crippen LogP) is 3.77. The van der Waals surface area contributed by atoms with Gasteiger partial charge in [-0.25, -0.2) is 4.98 Å². The summed E-state index contributed by atoms with van der Waals surface area (Å²) in [6.45, 7) is 10.1. The van der Waals surface area contributed by atoms with E-state index in [2.05, 4.69) is 51.9 Å². The second-order valence-corrected chi connectivity index (χ2v) is 5.49. The summed E-state index contributed by atoms with van der Waals surface area (Å²) in [5.41, 5.74) is 0. The molecule has 0 amide bonds. The Morgan fingerprint density at radius 1 is 1.33 bits per heavy atom. The van der Waals surface area contributed by atoms with Gasteiger partial charge in [0.25, 0.3) is 0 Å². The summed E-state index contributed by atoms with van der Waals surface area (Å²) in [5.74, 6) is 0.952. The Balaban J connectivity index is 2.25. The number of nitrogens with zero attached hydrogens (tertiary/aromatic N) is 2. The van der Waals surface area contributed by atoms with Crippen LogP contribution in [-0.2, 0) is 0 Å². The van der Waals surface area contributed by atoms with Crippen molar-refractivity contribution in [2.24, 2.45) is 0 Å². The van der Waals surface area contributed by atoms with E-state index in [-0.39, 0.29) is 0 Å². The number of hydrogen-bond donors (Lipinski definition) is 1. The van der Waals surface area contributed by atoms with Crippen LogP contribution in [0.25, 0.3) is 0 Å². The predicted molar refractivity (Wildman–Crippen MR) is 82.0 cm³/mol. The minimum Gasteiger partial charge on any atom is -0.368 e. The number of pyridine rings is 1. The van der Waals surface area contributed by atoms with Crippen molar-refractivity contribution >= 4 is 21.7 Å². The van der Waals surface area contributed by atoms with Crippen LogP contribution < -0.4 is 5.32 Å². The lowest BCUT2D eigenvalue weighted by Crippen LogP contribution is -2.25. The first-order valence-electron chi connectivity index (χ1n) is 6.76. The van der Waals surface area contributed by atoms with Gasteiger partial charge in [-0.3, -0.25) is 0 Å². The van der Waals surface area contributed by atoms with Crippen molar-refractivity contribution in [2.45, 2.75) is 39.7 Å². The third kappa shape index (κ3) is 5.83. The summed E-state index contributed by atoms with van der Waals surface area (Å²) in [7, 11) is 0. The van der Waals surface area contributed by atoms with Gasteiger partial charge < -0.3 is 10.2 Å². The van der Waals surface area contributed by atoms with E-state index in [4.69, 9.17) is 0 Å². The molecule has 0 spiro atoms. The van der Waals surface area contributed by atoms with Gasteiger partial charge in [0.05, 0.1) is 0 Å². The summed E-state index contributed by atoms with van der Waals surface area (Å²) < 4.78 is 1.02. The molecular formula is C14H24BrN3. The first-order valence-corrected chi connectivity index (χ1v) is 7.55. The van der Waals surface area contributed by atoms with Crippen molar-refractivity contribution in [2.75, 3.05) is 25.0 Å². The van der Waals surface area contributed by atoms with Crippen LogP contribution in [0.3, 0.4) is 0 Å². The molecule has 18 heavy (non-hydrogen) atoms. The van der Waals surface area contributed by atoms with Gasteiger partial charge in [0.1, 0.15) is 5.82 Å². The van der Waals surface area contributed by atoms with Gasteiger partial charge >= 0.3 is 0 Å². The second kappa shape index (κ2) is 8.48. The van der Waals surface area contributed by atoms with Crippen LogP contribution in [0.2, 0.25) is 0 Å². The summed E-state index contributed by atoms with van der Waals surface area (Å²) in [4.78, 5) is 6.79. The average molecular weight is 314 g/mol. The molecule has 102 valence electrons. The first-order chi connectivity index (χ1) is 8.65. The van der Waals surface area contributed by atoms with E-state index >= 15 is 0 Å². The number of halogens is 1. The first kappa shape index (κ1) is 15.4. The van der Waals surface area contributed by atoms with Crippen molar-refractivity contribution in [1.82, 2.24) is 9.88 Å². The lowest BCUT2D eigenvalue weighted by Gasteiger charge is -2.20. The highest BCUT2D eigenvalue weighted by Crippen LogP contribution is 2.12. The van der Waals surface area contributed by atoms with Crippen molar-refractivity contribution in [3.05, 3.63) is 22.8 Å². The van der Waals surface area contributed by atoms with Crippen molar-refractivity contribution in [1.29, 1.82) is 0 Å². The van der Waals surface area contributed by atoms with E-state index < -0.39 is 0 Å². The molecule has 1 aromatic heterocycles. The third-order valence-corrected chi connectivity index (χ3v) is 3.60. The Bertz CT molecular complexity index is 322. The van der Waals surface area contributed by atoms with Crippen LogP contribution in [0.1, 0.15) is 33.6 Å². The molecule has 0 aliphatic rings. The van der Waals surface area contributed by atoms with E-state index in [9.17, 15) is 0 Å². The molecule has 0 bridgehead atoms. The molecular weight excluding hydrogens is 290 g/mol. The molecule has 1 aromatic rings. The van der Waals surface area contributed by atoms with Gasteiger partial charge in [0, 0.05) is 16.7 Å². The Kier molecular flexibility index (Phi) is 7.28. The highest BCUT2D eigenvalue weighted by atomic mass is 79.9. The standard InChI is InChI=1S/C14H24BrN3/c1-4-18(5-2)10-6-7-12(3)17-14-9-8-13(15)11-16-14/h8-9,11-12H,4-7,10H2,1-3H3,(H,16,17). The van der Waals surface area contributed by atoms with E-state index in [0.29, 0.717) is 6.04 Å². The monoisotopic (exact) mass is 313 g/mol. The molecule has 0 fully saturated rings. The van der Waals surface area contributed by atoms with Crippen LogP contribution in [0.5, 0.6) is 0 Å². The fraction of sp³-hybridized carbons (Fsp3) is 0.643. The third-order valence-electron chi connectivity index (χ3n) is 3.13. The fourth-order valence-electron chi connectivity index (χ4n) is 1.95. The van der Waals surface area contributed by atoms with E-state index in [0.717, 1.165) is 23.4 Å². The molecule has 1 rings (SSSR count). The maximum atomic E-state index is 4.33. The van der Waals surface area contributed by atoms with Gasteiger partial charge in [-0.05, 0) is 67.5 Å². The van der Waals surface area contributed by atoms with E-state index in [1.165, 1.54) is 19.4 Å². The zero-order valence-electron chi connectivity index (χ0n) is 11.6. The van der Waals surface area contributed by atoms with Crippen LogP contribution >= 0.6 is 15.9 Å². The molecule has 0 saturated heterocycles. The van der Waals surface area contributed by atoms with Crippen LogP contribution in [0, 0.1) is 0 Å². The smallest absolute Gasteiger partial charge is 0.126 e. The fourth-order valence-corrected chi connectivity index (χ4v) is 2.18. The molecule has 4 heteroatoms. The summed E-state index contributed by atoms with van der Waals surface area (Å²) >= 11 is 3.39. The molecule has 3 nitrogen and oxygen atoms in total. The number of anilines is 1. The molecule has 0 aromatic carbocycles. The van der Waals surface area contributed by atoms with Gasteiger partial charge in [-0.2, -0.15) is 0 Å². The lowest BCUT2D eigenvalue weighted by atomic mass is 10.1. The molecule has 1 unspecified atom stereocenters. The maximum absolute atomic E-state index is 4.33. The maximum Gasteiger partial charge on any atom is 0.126 e. The van der Waals surface area contributed by atoms with Crippen molar-refractivity contribution in [3.63, 3.8) is 0 Å². The van der Waals surface area contributed by atoms with Crippen LogP contribution in [0.15, 0.2) is 22.8 Å². The van der Waals surface area contributed by atoms with E-state index in [1.54, 1.807) is 0 Å². The zero-order chi connectivity index (χ0) is 13.4. The molecule has 0 aliphatic heterocycles. The normalized spacial score (nSPS) is 12.7. The van der Waals surface area contributed by atoms with Gasteiger partial charge in [-0.1, -0.05) is 13.8 Å². The zero-order valence-corrected chi connectivity index (χ0v) is 13.2. The highest BCUT2D eigenvalue weighted by Gasteiger charge is 2.04. The molecule has 1 heterocycles. The average Bonchev–Trinajstić information content (AvgIpc) is 2.37. The Hall–Kier alpha value is -0.610. The van der Waals surface area contributed by atoms with Crippen LogP contribution in [-0.4, -0.2) is 35.6 Å². The van der Waals surface area contributed by atoms with E-state index in [1.807, 2.05) is 18.3 Å². The minimum atomic E-state index is 0.467. The Morgan fingerprint density at radius 2 is 2.06 bits per heavy atom. The SMILES string of the molecule is CCN(CC)CCCC(C)Nc1ccc(Br)cn1. The summed E-state index contributed by atoms with van der Waals surface area (Å²) in [6.07, 6.45) is 4.23. The molecule has 1 atom stereocenters. The summed E-state index contributed by atoms with van der Waals surface area (Å²) in [5, 5.41) is 3.43.